The van der Waals surface area contributed by atoms with Crippen molar-refractivity contribution in [2.75, 3.05) is 6.54 Å². The lowest BCUT2D eigenvalue weighted by Crippen LogP contribution is -2.63. The number of hydrogen-bond donors (Lipinski definition) is 0. The Hall–Kier alpha value is -1.50. The van der Waals surface area contributed by atoms with Crippen molar-refractivity contribution in [2.45, 2.75) is 50.6 Å². The van der Waals surface area contributed by atoms with Crippen molar-refractivity contribution >= 4 is 11.9 Å². The minimum Gasteiger partial charge on any atom is -0.309 e. The highest BCUT2D eigenvalue weighted by Crippen LogP contribution is 2.39. The first-order valence-corrected chi connectivity index (χ1v) is 6.81. The van der Waals surface area contributed by atoms with Crippen LogP contribution in [0.3, 0.4) is 0 Å². The van der Waals surface area contributed by atoms with Crippen LogP contribution in [0.1, 0.15) is 38.5 Å². The van der Waals surface area contributed by atoms with E-state index in [-0.39, 0.29) is 29.9 Å². The molecule has 0 N–H and O–H groups in total. The molecular weight excluding hydrogens is 228 g/mol. The summed E-state index contributed by atoms with van der Waals surface area (Å²) in [4.78, 5) is 28.1. The second-order valence-corrected chi connectivity index (χ2v) is 5.51. The highest BCUT2D eigenvalue weighted by molar-refractivity contribution is 5.99. The third kappa shape index (κ3) is 1.69. The van der Waals surface area contributed by atoms with E-state index in [0.29, 0.717) is 6.54 Å². The number of nitrogens with zero attached hydrogens (tertiary/aromatic N) is 2. The molecule has 0 aromatic rings. The standard InChI is InChI=1S/C14H18N2O2/c1-2-9-15-12-6-4-3-5-11(12)13(17)16(14(15)18)10-7-8-10/h1,10-12H,3-9H2. The van der Waals surface area contributed by atoms with E-state index in [0.717, 1.165) is 38.5 Å². The first kappa shape index (κ1) is 11.6. The van der Waals surface area contributed by atoms with Gasteiger partial charge in [-0.15, -0.1) is 6.42 Å². The van der Waals surface area contributed by atoms with Crippen LogP contribution in [0.25, 0.3) is 0 Å². The van der Waals surface area contributed by atoms with Gasteiger partial charge in [0.25, 0.3) is 0 Å². The second-order valence-electron chi connectivity index (χ2n) is 5.51. The maximum absolute atomic E-state index is 12.4. The van der Waals surface area contributed by atoms with Crippen LogP contribution < -0.4 is 0 Å². The van der Waals surface area contributed by atoms with Crippen molar-refractivity contribution in [3.63, 3.8) is 0 Å². The summed E-state index contributed by atoms with van der Waals surface area (Å²) in [6.07, 6.45) is 11.3. The summed E-state index contributed by atoms with van der Waals surface area (Å²) < 4.78 is 0. The van der Waals surface area contributed by atoms with Crippen LogP contribution in [0.2, 0.25) is 0 Å². The predicted octanol–water partition coefficient (Wildman–Crippen LogP) is 1.60. The van der Waals surface area contributed by atoms with Gasteiger partial charge in [-0.3, -0.25) is 9.69 Å². The van der Waals surface area contributed by atoms with Crippen LogP contribution in [0, 0.1) is 18.3 Å². The number of carbonyl (C=O) groups is 2. The number of terminal acetylenes is 1. The quantitative estimate of drug-likeness (QED) is 0.694. The molecule has 3 amide bonds. The summed E-state index contributed by atoms with van der Waals surface area (Å²) in [5.41, 5.74) is 0. The Morgan fingerprint density at radius 3 is 2.56 bits per heavy atom. The van der Waals surface area contributed by atoms with E-state index in [1.807, 2.05) is 0 Å². The Bertz CT molecular complexity index is 422. The normalized spacial score (nSPS) is 32.2. The minimum absolute atomic E-state index is 0.00889. The number of carbonyl (C=O) groups excluding carboxylic acids is 2. The summed E-state index contributed by atoms with van der Waals surface area (Å²) in [5.74, 6) is 2.61. The first-order valence-electron chi connectivity index (χ1n) is 6.81. The van der Waals surface area contributed by atoms with Crippen LogP contribution >= 0.6 is 0 Å². The van der Waals surface area contributed by atoms with Crippen LogP contribution in [0.15, 0.2) is 0 Å². The van der Waals surface area contributed by atoms with Crippen LogP contribution in [0.5, 0.6) is 0 Å². The van der Waals surface area contributed by atoms with Crippen molar-refractivity contribution in [3.8, 4) is 12.3 Å². The van der Waals surface area contributed by atoms with E-state index in [9.17, 15) is 9.59 Å². The van der Waals surface area contributed by atoms with E-state index < -0.39 is 0 Å². The van der Waals surface area contributed by atoms with Crippen LogP contribution in [-0.4, -0.2) is 40.4 Å². The average Bonchev–Trinajstić information content (AvgIpc) is 3.19. The molecular formula is C14H18N2O2. The molecule has 2 aliphatic carbocycles. The summed E-state index contributed by atoms with van der Waals surface area (Å²) >= 11 is 0. The summed E-state index contributed by atoms with van der Waals surface area (Å²) in [5, 5.41) is 0. The van der Waals surface area contributed by atoms with E-state index in [1.165, 1.54) is 4.90 Å². The van der Waals surface area contributed by atoms with Gasteiger partial charge in [0.1, 0.15) is 0 Å². The maximum Gasteiger partial charge on any atom is 0.328 e. The SMILES string of the molecule is C#CCN1C(=O)N(C2CC2)C(=O)C2CCCCC21. The van der Waals surface area contributed by atoms with Crippen molar-refractivity contribution in [2.24, 2.45) is 5.92 Å². The van der Waals surface area contributed by atoms with Gasteiger partial charge in [0, 0.05) is 12.1 Å². The topological polar surface area (TPSA) is 40.6 Å². The van der Waals surface area contributed by atoms with Gasteiger partial charge in [0.2, 0.25) is 5.91 Å². The molecule has 0 spiro atoms. The van der Waals surface area contributed by atoms with Gasteiger partial charge in [-0.05, 0) is 25.7 Å². The highest BCUT2D eigenvalue weighted by Gasteiger charge is 2.50. The number of hydrogen-bond acceptors (Lipinski definition) is 2. The number of rotatable bonds is 2. The van der Waals surface area contributed by atoms with Gasteiger partial charge in [-0.2, -0.15) is 0 Å². The molecule has 0 aromatic carbocycles. The molecule has 2 saturated carbocycles. The lowest BCUT2D eigenvalue weighted by molar-refractivity contribution is -0.140. The van der Waals surface area contributed by atoms with Crippen LogP contribution in [0.4, 0.5) is 4.79 Å². The number of urea groups is 1. The van der Waals surface area contributed by atoms with Gasteiger partial charge in [-0.1, -0.05) is 18.8 Å². The largest absolute Gasteiger partial charge is 0.328 e. The third-order valence-electron chi connectivity index (χ3n) is 4.31. The lowest BCUT2D eigenvalue weighted by atomic mass is 9.81. The second kappa shape index (κ2) is 4.31. The molecule has 96 valence electrons. The highest BCUT2D eigenvalue weighted by atomic mass is 16.2. The minimum atomic E-state index is -0.149. The predicted molar refractivity (Wildman–Crippen MR) is 66.5 cm³/mol. The Labute approximate surface area is 107 Å². The summed E-state index contributed by atoms with van der Waals surface area (Å²) in [6, 6.07) is 0.0431. The van der Waals surface area contributed by atoms with E-state index in [2.05, 4.69) is 5.92 Å². The number of fused-ring (bicyclic) bond motifs is 1. The molecule has 18 heavy (non-hydrogen) atoms. The van der Waals surface area contributed by atoms with Crippen molar-refractivity contribution < 1.29 is 9.59 Å². The number of amides is 3. The Morgan fingerprint density at radius 2 is 1.89 bits per heavy atom. The molecule has 0 bridgehead atoms. The lowest BCUT2D eigenvalue weighted by Gasteiger charge is -2.46. The molecule has 1 saturated heterocycles. The first-order chi connectivity index (χ1) is 8.74. The summed E-state index contributed by atoms with van der Waals surface area (Å²) in [7, 11) is 0. The molecule has 1 aliphatic heterocycles. The van der Waals surface area contributed by atoms with Gasteiger partial charge >= 0.3 is 6.03 Å². The fourth-order valence-corrected chi connectivity index (χ4v) is 3.28. The van der Waals surface area contributed by atoms with Crippen LogP contribution in [-0.2, 0) is 4.79 Å². The molecule has 0 radical (unpaired) electrons. The molecule has 2 unspecified atom stereocenters. The molecule has 3 fully saturated rings. The maximum atomic E-state index is 12.4. The van der Waals surface area contributed by atoms with Crippen molar-refractivity contribution in [1.82, 2.24) is 9.80 Å². The zero-order valence-electron chi connectivity index (χ0n) is 10.5. The fraction of sp³-hybridized carbons (Fsp3) is 0.714. The van der Waals surface area contributed by atoms with Gasteiger partial charge in [0.05, 0.1) is 12.5 Å². The molecule has 4 heteroatoms. The smallest absolute Gasteiger partial charge is 0.309 e. The zero-order chi connectivity index (χ0) is 12.7. The Balaban J connectivity index is 1.90. The monoisotopic (exact) mass is 246 g/mol. The van der Waals surface area contributed by atoms with Gasteiger partial charge < -0.3 is 4.90 Å². The zero-order valence-corrected chi connectivity index (χ0v) is 10.5. The third-order valence-corrected chi connectivity index (χ3v) is 4.31. The molecule has 3 aliphatic rings. The van der Waals surface area contributed by atoms with Crippen molar-refractivity contribution in [3.05, 3.63) is 0 Å². The molecule has 3 rings (SSSR count). The number of imide groups is 1. The van der Waals surface area contributed by atoms with E-state index in [4.69, 9.17) is 6.42 Å². The molecule has 2 atom stereocenters. The van der Waals surface area contributed by atoms with E-state index in [1.54, 1.807) is 4.90 Å². The average molecular weight is 246 g/mol. The molecule has 0 aromatic heterocycles. The van der Waals surface area contributed by atoms with E-state index >= 15 is 0 Å². The Kier molecular flexibility index (Phi) is 2.77. The van der Waals surface area contributed by atoms with Crippen molar-refractivity contribution in [1.29, 1.82) is 0 Å². The Morgan fingerprint density at radius 1 is 1.17 bits per heavy atom. The van der Waals surface area contributed by atoms with Gasteiger partial charge in [0.15, 0.2) is 0 Å². The molecule has 1 heterocycles. The summed E-state index contributed by atoms with van der Waals surface area (Å²) in [6.45, 7) is 0.330. The fourth-order valence-electron chi connectivity index (χ4n) is 3.28. The van der Waals surface area contributed by atoms with Gasteiger partial charge in [-0.25, -0.2) is 4.79 Å². The molecule has 4 nitrogen and oxygen atoms in total.